The fraction of sp³-hybridized carbons (Fsp3) is 0.714. The summed E-state index contributed by atoms with van der Waals surface area (Å²) in [5, 5.41) is 6.79. The van der Waals surface area contributed by atoms with E-state index < -0.39 is 0 Å². The molecule has 0 spiro atoms. The molecule has 1 aromatic rings. The Morgan fingerprint density at radius 3 is 2.90 bits per heavy atom. The lowest BCUT2D eigenvalue weighted by molar-refractivity contribution is 0.189. The van der Waals surface area contributed by atoms with Crippen molar-refractivity contribution >= 4 is 23.5 Å². The van der Waals surface area contributed by atoms with E-state index in [-0.39, 0.29) is 0 Å². The van der Waals surface area contributed by atoms with Crippen LogP contribution in [0.4, 0.5) is 11.8 Å². The first-order valence-corrected chi connectivity index (χ1v) is 8.30. The van der Waals surface area contributed by atoms with Gasteiger partial charge in [-0.15, -0.1) is 11.8 Å². The second-order valence-corrected chi connectivity index (χ2v) is 5.94. The number of anilines is 2. The number of hydrogen-bond donors (Lipinski definition) is 2. The molecule has 0 fully saturated rings. The molecule has 20 heavy (non-hydrogen) atoms. The Morgan fingerprint density at radius 2 is 2.20 bits per heavy atom. The zero-order chi connectivity index (χ0) is 14.4. The number of nitrogens with one attached hydrogen (secondary N) is 2. The lowest BCUT2D eigenvalue weighted by Crippen LogP contribution is -2.22. The van der Waals surface area contributed by atoms with Crippen LogP contribution in [0.25, 0.3) is 0 Å². The van der Waals surface area contributed by atoms with Crippen LogP contribution in [0.15, 0.2) is 4.90 Å². The highest BCUT2D eigenvalue weighted by Gasteiger charge is 2.21. The smallest absolute Gasteiger partial charge is 0.224 e. The largest absolute Gasteiger partial charge is 0.385 e. The topological polar surface area (TPSA) is 59.1 Å². The van der Waals surface area contributed by atoms with Crippen LogP contribution in [0.3, 0.4) is 0 Å². The van der Waals surface area contributed by atoms with Crippen LogP contribution >= 0.6 is 11.8 Å². The van der Waals surface area contributed by atoms with Gasteiger partial charge < -0.3 is 15.4 Å². The number of nitrogens with zero attached hydrogens (tertiary/aromatic N) is 2. The fourth-order valence-corrected chi connectivity index (χ4v) is 3.29. The van der Waals surface area contributed by atoms with Crippen molar-refractivity contribution < 1.29 is 4.74 Å². The minimum atomic E-state index is 0.393. The Kier molecular flexibility index (Phi) is 5.91. The van der Waals surface area contributed by atoms with E-state index in [1.807, 2.05) is 11.8 Å². The van der Waals surface area contributed by atoms with Crippen molar-refractivity contribution in [2.75, 3.05) is 36.6 Å². The van der Waals surface area contributed by atoms with E-state index in [2.05, 4.69) is 34.4 Å². The summed E-state index contributed by atoms with van der Waals surface area (Å²) in [5.74, 6) is 2.82. The van der Waals surface area contributed by atoms with Gasteiger partial charge in [-0.05, 0) is 19.8 Å². The molecule has 2 rings (SSSR count). The molecule has 2 heterocycles. The number of methoxy groups -OCH3 is 1. The molecule has 1 unspecified atom stereocenters. The number of ether oxygens (including phenoxy) is 1. The van der Waals surface area contributed by atoms with Gasteiger partial charge >= 0.3 is 0 Å². The molecular formula is C14H24N4OS. The SMILES string of the molecule is CCNc1nc2c(c(NC(CC)CCOC)n1)SCC2. The Bertz CT molecular complexity index is 441. The predicted molar refractivity (Wildman–Crippen MR) is 84.8 cm³/mol. The van der Waals surface area contributed by atoms with Crippen molar-refractivity contribution in [3.63, 3.8) is 0 Å². The summed E-state index contributed by atoms with van der Waals surface area (Å²) in [7, 11) is 1.74. The summed E-state index contributed by atoms with van der Waals surface area (Å²) in [5.41, 5.74) is 1.17. The second-order valence-electron chi connectivity index (χ2n) is 4.83. The maximum atomic E-state index is 5.18. The minimum Gasteiger partial charge on any atom is -0.385 e. The van der Waals surface area contributed by atoms with E-state index in [0.717, 1.165) is 49.9 Å². The van der Waals surface area contributed by atoms with Crippen LogP contribution in [0.2, 0.25) is 0 Å². The number of aromatic nitrogens is 2. The molecule has 1 aliphatic heterocycles. The molecule has 0 bridgehead atoms. The molecule has 0 aromatic carbocycles. The number of hydrogen-bond acceptors (Lipinski definition) is 6. The number of aryl methyl sites for hydroxylation is 1. The van der Waals surface area contributed by atoms with Crippen LogP contribution in [-0.4, -0.2) is 42.0 Å². The normalized spacial score (nSPS) is 14.9. The number of fused-ring (bicyclic) bond motifs is 1. The maximum Gasteiger partial charge on any atom is 0.224 e. The van der Waals surface area contributed by atoms with E-state index >= 15 is 0 Å². The molecule has 1 aliphatic rings. The van der Waals surface area contributed by atoms with Gasteiger partial charge in [0, 0.05) is 38.5 Å². The van der Waals surface area contributed by atoms with Gasteiger partial charge in [-0.25, -0.2) is 4.98 Å². The standard InChI is InChI=1S/C14H24N4OS/c1-4-10(6-8-19-3)16-13-12-11(7-9-20-12)17-14(18-13)15-5-2/h10H,4-9H2,1-3H3,(H2,15,16,17,18). The lowest BCUT2D eigenvalue weighted by Gasteiger charge is -2.19. The van der Waals surface area contributed by atoms with E-state index in [9.17, 15) is 0 Å². The van der Waals surface area contributed by atoms with Crippen molar-refractivity contribution in [3.8, 4) is 0 Å². The van der Waals surface area contributed by atoms with Crippen molar-refractivity contribution in [2.24, 2.45) is 0 Å². The molecule has 5 nitrogen and oxygen atoms in total. The highest BCUT2D eigenvalue weighted by Crippen LogP contribution is 2.36. The van der Waals surface area contributed by atoms with Gasteiger partial charge in [0.15, 0.2) is 0 Å². The van der Waals surface area contributed by atoms with Crippen molar-refractivity contribution in [3.05, 3.63) is 5.69 Å². The minimum absolute atomic E-state index is 0.393. The van der Waals surface area contributed by atoms with Crippen LogP contribution in [0, 0.1) is 0 Å². The predicted octanol–water partition coefficient (Wildman–Crippen LogP) is 2.78. The molecule has 1 aromatic heterocycles. The average Bonchev–Trinajstić information content (AvgIpc) is 2.92. The van der Waals surface area contributed by atoms with Crippen molar-refractivity contribution in [1.29, 1.82) is 0 Å². The van der Waals surface area contributed by atoms with Crippen molar-refractivity contribution in [1.82, 2.24) is 9.97 Å². The highest BCUT2D eigenvalue weighted by molar-refractivity contribution is 7.99. The van der Waals surface area contributed by atoms with Gasteiger partial charge in [-0.3, -0.25) is 0 Å². The summed E-state index contributed by atoms with van der Waals surface area (Å²) >= 11 is 1.85. The van der Waals surface area contributed by atoms with E-state index in [0.29, 0.717) is 6.04 Å². The third kappa shape index (κ3) is 3.76. The van der Waals surface area contributed by atoms with Crippen LogP contribution < -0.4 is 10.6 Å². The summed E-state index contributed by atoms with van der Waals surface area (Å²) in [4.78, 5) is 10.5. The molecule has 0 radical (unpaired) electrons. The molecule has 0 saturated heterocycles. The first kappa shape index (κ1) is 15.4. The summed E-state index contributed by atoms with van der Waals surface area (Å²) in [6.45, 7) is 5.86. The number of thioether (sulfide) groups is 1. The molecule has 0 aliphatic carbocycles. The summed E-state index contributed by atoms with van der Waals surface area (Å²) in [6.07, 6.45) is 3.08. The van der Waals surface area contributed by atoms with Gasteiger partial charge in [0.25, 0.3) is 0 Å². The zero-order valence-electron chi connectivity index (χ0n) is 12.5. The van der Waals surface area contributed by atoms with Gasteiger partial charge in [-0.1, -0.05) is 6.92 Å². The zero-order valence-corrected chi connectivity index (χ0v) is 13.3. The van der Waals surface area contributed by atoms with Gasteiger partial charge in [0.05, 0.1) is 10.6 Å². The average molecular weight is 296 g/mol. The van der Waals surface area contributed by atoms with E-state index in [1.165, 1.54) is 10.6 Å². The molecular weight excluding hydrogens is 272 g/mol. The fourth-order valence-electron chi connectivity index (χ4n) is 2.23. The monoisotopic (exact) mass is 296 g/mol. The Labute approximate surface area is 125 Å². The Morgan fingerprint density at radius 1 is 1.35 bits per heavy atom. The molecule has 2 N–H and O–H groups in total. The third-order valence-electron chi connectivity index (χ3n) is 3.36. The molecule has 112 valence electrons. The second kappa shape index (κ2) is 7.69. The quantitative estimate of drug-likeness (QED) is 0.769. The maximum absolute atomic E-state index is 5.18. The molecule has 0 amide bonds. The van der Waals surface area contributed by atoms with Crippen LogP contribution in [-0.2, 0) is 11.2 Å². The molecule has 1 atom stereocenters. The molecule has 6 heteroatoms. The first-order valence-electron chi connectivity index (χ1n) is 7.31. The Balaban J connectivity index is 2.16. The van der Waals surface area contributed by atoms with Gasteiger partial charge in [-0.2, -0.15) is 4.98 Å². The summed E-state index contributed by atoms with van der Waals surface area (Å²) in [6, 6.07) is 0.393. The number of rotatable bonds is 8. The van der Waals surface area contributed by atoms with Gasteiger partial charge in [0.1, 0.15) is 5.82 Å². The van der Waals surface area contributed by atoms with E-state index in [4.69, 9.17) is 4.74 Å². The van der Waals surface area contributed by atoms with Crippen LogP contribution in [0.1, 0.15) is 32.4 Å². The third-order valence-corrected chi connectivity index (χ3v) is 4.49. The van der Waals surface area contributed by atoms with Gasteiger partial charge in [0.2, 0.25) is 5.95 Å². The van der Waals surface area contributed by atoms with Crippen molar-refractivity contribution in [2.45, 2.75) is 44.0 Å². The van der Waals surface area contributed by atoms with Crippen LogP contribution in [0.5, 0.6) is 0 Å². The lowest BCUT2D eigenvalue weighted by atomic mass is 10.1. The van der Waals surface area contributed by atoms with E-state index in [1.54, 1.807) is 7.11 Å². The Hall–Kier alpha value is -1.01. The molecule has 0 saturated carbocycles. The first-order chi connectivity index (χ1) is 9.78. The summed E-state index contributed by atoms with van der Waals surface area (Å²) < 4.78 is 5.18. The highest BCUT2D eigenvalue weighted by atomic mass is 32.2.